The van der Waals surface area contributed by atoms with E-state index in [-0.39, 0.29) is 12.7 Å². The zero-order valence-electron chi connectivity index (χ0n) is 8.90. The molecule has 3 nitrogen and oxygen atoms in total. The Hall–Kier alpha value is -1.09. The molecule has 0 saturated heterocycles. The van der Waals surface area contributed by atoms with Gasteiger partial charge in [0.2, 0.25) is 5.88 Å². The minimum absolute atomic E-state index is 0.0228. The summed E-state index contributed by atoms with van der Waals surface area (Å²) in [4.78, 5) is 4.08. The molecule has 14 heavy (non-hydrogen) atoms. The number of aliphatic hydroxyl groups is 1. The molecule has 0 aliphatic rings. The second-order valence-electron chi connectivity index (χ2n) is 3.73. The van der Waals surface area contributed by atoms with Gasteiger partial charge in [-0.15, -0.1) is 0 Å². The molecule has 0 saturated carbocycles. The largest absolute Gasteiger partial charge is 0.474 e. The number of hydrogen-bond acceptors (Lipinski definition) is 3. The molecule has 3 heteroatoms. The van der Waals surface area contributed by atoms with E-state index in [9.17, 15) is 0 Å². The molecule has 1 aromatic heterocycles. The van der Waals surface area contributed by atoms with E-state index in [1.54, 1.807) is 18.3 Å². The predicted molar refractivity (Wildman–Crippen MR) is 55.1 cm³/mol. The first kappa shape index (κ1) is 11.0. The van der Waals surface area contributed by atoms with E-state index in [4.69, 9.17) is 9.84 Å². The van der Waals surface area contributed by atoms with E-state index in [1.807, 2.05) is 6.92 Å². The summed E-state index contributed by atoms with van der Waals surface area (Å²) in [5, 5.41) is 8.92. The minimum atomic E-state index is 0.0228. The average molecular weight is 195 g/mol. The molecular formula is C11H17NO2. The van der Waals surface area contributed by atoms with Crippen molar-refractivity contribution < 1.29 is 9.84 Å². The van der Waals surface area contributed by atoms with Crippen LogP contribution >= 0.6 is 0 Å². The molecule has 0 aliphatic carbocycles. The molecule has 1 N–H and O–H groups in total. The summed E-state index contributed by atoms with van der Waals surface area (Å²) in [5.41, 5.74) is 0.825. The summed E-state index contributed by atoms with van der Waals surface area (Å²) < 4.78 is 5.60. The van der Waals surface area contributed by atoms with Crippen LogP contribution in [0.1, 0.15) is 26.3 Å². The van der Waals surface area contributed by atoms with Crippen LogP contribution in [0.3, 0.4) is 0 Å². The van der Waals surface area contributed by atoms with Gasteiger partial charge in [0.15, 0.2) is 0 Å². The van der Waals surface area contributed by atoms with Crippen LogP contribution in [0.4, 0.5) is 0 Å². The molecule has 1 heterocycles. The Kier molecular flexibility index (Phi) is 3.89. The standard InChI is InChI=1S/C11H17NO2/c1-8(2)9(3)14-11-6-10(7-13)4-5-12-11/h4-6,8-9,13H,7H2,1-3H3. The van der Waals surface area contributed by atoms with Crippen molar-refractivity contribution >= 4 is 0 Å². The van der Waals surface area contributed by atoms with Crippen LogP contribution < -0.4 is 4.74 Å². The smallest absolute Gasteiger partial charge is 0.213 e. The first-order chi connectivity index (χ1) is 6.63. The van der Waals surface area contributed by atoms with Gasteiger partial charge in [-0.1, -0.05) is 13.8 Å². The summed E-state index contributed by atoms with van der Waals surface area (Å²) in [6.07, 6.45) is 1.78. The van der Waals surface area contributed by atoms with Crippen LogP contribution in [0.2, 0.25) is 0 Å². The van der Waals surface area contributed by atoms with Crippen LogP contribution in [0.5, 0.6) is 5.88 Å². The Bertz CT molecular complexity index is 286. The number of pyridine rings is 1. The topological polar surface area (TPSA) is 42.4 Å². The fraction of sp³-hybridized carbons (Fsp3) is 0.545. The maximum absolute atomic E-state index is 8.92. The van der Waals surface area contributed by atoms with Gasteiger partial charge in [0, 0.05) is 12.3 Å². The molecule has 1 rings (SSSR count). The van der Waals surface area contributed by atoms with Gasteiger partial charge < -0.3 is 9.84 Å². The van der Waals surface area contributed by atoms with Crippen LogP contribution in [-0.4, -0.2) is 16.2 Å². The zero-order valence-corrected chi connectivity index (χ0v) is 8.90. The highest BCUT2D eigenvalue weighted by Gasteiger charge is 2.09. The first-order valence-electron chi connectivity index (χ1n) is 4.86. The van der Waals surface area contributed by atoms with Crippen LogP contribution in [0.25, 0.3) is 0 Å². The number of aromatic nitrogens is 1. The second kappa shape index (κ2) is 4.96. The molecule has 1 atom stereocenters. The Labute approximate surface area is 84.7 Å². The van der Waals surface area contributed by atoms with Gasteiger partial charge in [0.05, 0.1) is 12.7 Å². The van der Waals surface area contributed by atoms with Gasteiger partial charge in [0.1, 0.15) is 0 Å². The lowest BCUT2D eigenvalue weighted by Gasteiger charge is -2.17. The normalized spacial score (nSPS) is 12.9. The van der Waals surface area contributed by atoms with E-state index >= 15 is 0 Å². The number of nitrogens with zero attached hydrogens (tertiary/aromatic N) is 1. The van der Waals surface area contributed by atoms with Crippen molar-refractivity contribution in [2.24, 2.45) is 5.92 Å². The van der Waals surface area contributed by atoms with Gasteiger partial charge in [-0.25, -0.2) is 4.98 Å². The summed E-state index contributed by atoms with van der Waals surface area (Å²) in [6, 6.07) is 3.53. The molecule has 1 aromatic rings. The van der Waals surface area contributed by atoms with Crippen molar-refractivity contribution in [3.8, 4) is 5.88 Å². The van der Waals surface area contributed by atoms with E-state index in [1.165, 1.54) is 0 Å². The van der Waals surface area contributed by atoms with Crippen molar-refractivity contribution in [1.82, 2.24) is 4.98 Å². The van der Waals surface area contributed by atoms with E-state index in [0.29, 0.717) is 11.8 Å². The highest BCUT2D eigenvalue weighted by Crippen LogP contribution is 2.14. The number of aliphatic hydroxyl groups excluding tert-OH is 1. The lowest BCUT2D eigenvalue weighted by Crippen LogP contribution is -2.19. The molecule has 0 fully saturated rings. The fourth-order valence-electron chi connectivity index (χ4n) is 0.940. The Morgan fingerprint density at radius 3 is 2.71 bits per heavy atom. The summed E-state index contributed by atoms with van der Waals surface area (Å²) in [7, 11) is 0. The lowest BCUT2D eigenvalue weighted by atomic mass is 10.1. The Morgan fingerprint density at radius 1 is 1.43 bits per heavy atom. The molecular weight excluding hydrogens is 178 g/mol. The maximum Gasteiger partial charge on any atom is 0.213 e. The molecule has 0 bridgehead atoms. The number of rotatable bonds is 4. The van der Waals surface area contributed by atoms with Crippen molar-refractivity contribution in [1.29, 1.82) is 0 Å². The quantitative estimate of drug-likeness (QED) is 0.799. The van der Waals surface area contributed by atoms with E-state index < -0.39 is 0 Å². The average Bonchev–Trinajstić information content (AvgIpc) is 2.18. The van der Waals surface area contributed by atoms with Gasteiger partial charge in [-0.2, -0.15) is 0 Å². The molecule has 0 aromatic carbocycles. The third-order valence-corrected chi connectivity index (χ3v) is 2.23. The molecule has 0 aliphatic heterocycles. The van der Waals surface area contributed by atoms with E-state index in [2.05, 4.69) is 18.8 Å². The van der Waals surface area contributed by atoms with Crippen molar-refractivity contribution in [2.45, 2.75) is 33.5 Å². The molecule has 0 spiro atoms. The highest BCUT2D eigenvalue weighted by atomic mass is 16.5. The van der Waals surface area contributed by atoms with Gasteiger partial charge in [-0.05, 0) is 24.5 Å². The van der Waals surface area contributed by atoms with Crippen LogP contribution in [0.15, 0.2) is 18.3 Å². The Morgan fingerprint density at radius 2 is 2.14 bits per heavy atom. The fourth-order valence-corrected chi connectivity index (χ4v) is 0.940. The highest BCUT2D eigenvalue weighted by molar-refractivity contribution is 5.19. The van der Waals surface area contributed by atoms with Gasteiger partial charge >= 0.3 is 0 Å². The van der Waals surface area contributed by atoms with Crippen LogP contribution in [-0.2, 0) is 6.61 Å². The third-order valence-electron chi connectivity index (χ3n) is 2.23. The number of ether oxygens (including phenoxy) is 1. The first-order valence-corrected chi connectivity index (χ1v) is 4.86. The van der Waals surface area contributed by atoms with Crippen molar-refractivity contribution in [3.63, 3.8) is 0 Å². The Balaban J connectivity index is 2.66. The zero-order chi connectivity index (χ0) is 10.6. The van der Waals surface area contributed by atoms with Crippen molar-refractivity contribution in [3.05, 3.63) is 23.9 Å². The maximum atomic E-state index is 8.92. The number of hydrogen-bond donors (Lipinski definition) is 1. The summed E-state index contributed by atoms with van der Waals surface area (Å²) in [5.74, 6) is 1.03. The third kappa shape index (κ3) is 3.00. The van der Waals surface area contributed by atoms with Crippen LogP contribution in [0, 0.1) is 5.92 Å². The second-order valence-corrected chi connectivity index (χ2v) is 3.73. The molecule has 0 amide bonds. The summed E-state index contributed by atoms with van der Waals surface area (Å²) in [6.45, 7) is 6.23. The SMILES string of the molecule is CC(C)C(C)Oc1cc(CO)ccn1. The monoisotopic (exact) mass is 195 g/mol. The molecule has 1 unspecified atom stereocenters. The van der Waals surface area contributed by atoms with Gasteiger partial charge in [0.25, 0.3) is 0 Å². The van der Waals surface area contributed by atoms with Gasteiger partial charge in [-0.3, -0.25) is 0 Å². The summed E-state index contributed by atoms with van der Waals surface area (Å²) >= 11 is 0. The van der Waals surface area contributed by atoms with Crippen molar-refractivity contribution in [2.75, 3.05) is 0 Å². The van der Waals surface area contributed by atoms with E-state index in [0.717, 1.165) is 5.56 Å². The molecule has 0 radical (unpaired) electrons. The minimum Gasteiger partial charge on any atom is -0.474 e. The molecule has 78 valence electrons. The predicted octanol–water partition coefficient (Wildman–Crippen LogP) is 2.00. The lowest BCUT2D eigenvalue weighted by molar-refractivity contribution is 0.163.